The number of carbonyl (C=O) groups excluding carboxylic acids is 2. The highest BCUT2D eigenvalue weighted by Crippen LogP contribution is 2.26. The zero-order chi connectivity index (χ0) is 19.7. The van der Waals surface area contributed by atoms with E-state index in [0.29, 0.717) is 11.3 Å². The number of nitrogens with zero attached hydrogens (tertiary/aromatic N) is 1. The maximum Gasteiger partial charge on any atom is 0.322 e. The van der Waals surface area contributed by atoms with E-state index < -0.39 is 41.5 Å². The first-order valence-corrected chi connectivity index (χ1v) is 8.37. The van der Waals surface area contributed by atoms with Crippen molar-refractivity contribution in [3.8, 4) is 0 Å². The lowest BCUT2D eigenvalue weighted by molar-refractivity contribution is -0.125. The first kappa shape index (κ1) is 18.8. The van der Waals surface area contributed by atoms with Gasteiger partial charge in [-0.2, -0.15) is 0 Å². The molecule has 5 nitrogen and oxygen atoms in total. The lowest BCUT2D eigenvalue weighted by Gasteiger charge is -2.33. The monoisotopic (exact) mass is 377 g/mol. The number of fused-ring (bicyclic) bond motifs is 1. The van der Waals surface area contributed by atoms with E-state index in [0.717, 1.165) is 12.1 Å². The van der Waals surface area contributed by atoms with E-state index in [2.05, 4.69) is 10.6 Å². The Bertz CT molecular complexity index is 904. The van der Waals surface area contributed by atoms with Crippen molar-refractivity contribution >= 4 is 17.6 Å². The number of hydrogen-bond donors (Lipinski definition) is 2. The largest absolute Gasteiger partial charge is 0.348 e. The number of benzene rings is 2. The van der Waals surface area contributed by atoms with Gasteiger partial charge in [0, 0.05) is 17.3 Å². The third-order valence-electron chi connectivity index (χ3n) is 4.55. The van der Waals surface area contributed by atoms with Crippen LogP contribution in [0.1, 0.15) is 31.0 Å². The molecule has 2 aromatic rings. The minimum absolute atomic E-state index is 0.0623. The van der Waals surface area contributed by atoms with Crippen LogP contribution in [-0.4, -0.2) is 22.9 Å². The van der Waals surface area contributed by atoms with Crippen molar-refractivity contribution in [2.24, 2.45) is 0 Å². The number of amides is 3. The first-order valence-electron chi connectivity index (χ1n) is 8.37. The fraction of sp³-hybridized carbons (Fsp3) is 0.263. The molecule has 2 atom stereocenters. The first-order chi connectivity index (χ1) is 12.8. The van der Waals surface area contributed by atoms with Crippen molar-refractivity contribution in [3.05, 3.63) is 65.0 Å². The van der Waals surface area contributed by atoms with Crippen LogP contribution in [0.3, 0.4) is 0 Å². The molecule has 8 heteroatoms. The lowest BCUT2D eigenvalue weighted by Crippen LogP contribution is -2.51. The molecule has 0 unspecified atom stereocenters. The molecule has 2 aromatic carbocycles. The Labute approximate surface area is 154 Å². The summed E-state index contributed by atoms with van der Waals surface area (Å²) in [6.45, 7) is 3.14. The van der Waals surface area contributed by atoms with Crippen molar-refractivity contribution in [3.63, 3.8) is 0 Å². The second kappa shape index (κ2) is 7.30. The van der Waals surface area contributed by atoms with E-state index in [-0.39, 0.29) is 12.1 Å². The summed E-state index contributed by atoms with van der Waals surface area (Å²) in [4.78, 5) is 26.1. The van der Waals surface area contributed by atoms with Gasteiger partial charge in [-0.25, -0.2) is 18.0 Å². The van der Waals surface area contributed by atoms with Crippen LogP contribution >= 0.6 is 0 Å². The van der Waals surface area contributed by atoms with Crippen LogP contribution < -0.4 is 10.6 Å². The molecule has 0 fully saturated rings. The highest BCUT2D eigenvalue weighted by molar-refractivity contribution is 5.96. The van der Waals surface area contributed by atoms with Gasteiger partial charge in [0.25, 0.3) is 0 Å². The third-order valence-corrected chi connectivity index (χ3v) is 4.55. The fourth-order valence-corrected chi connectivity index (χ4v) is 2.98. The molecule has 0 aliphatic carbocycles. The molecule has 1 heterocycles. The number of halogens is 3. The predicted molar refractivity (Wildman–Crippen MR) is 93.3 cm³/mol. The van der Waals surface area contributed by atoms with E-state index >= 15 is 0 Å². The highest BCUT2D eigenvalue weighted by atomic mass is 19.1. The molecule has 1 aliphatic rings. The van der Waals surface area contributed by atoms with E-state index in [1.165, 1.54) is 36.1 Å². The third kappa shape index (κ3) is 3.89. The second-order valence-electron chi connectivity index (χ2n) is 6.43. The van der Waals surface area contributed by atoms with Crippen molar-refractivity contribution in [2.75, 3.05) is 5.32 Å². The Morgan fingerprint density at radius 2 is 1.78 bits per heavy atom. The van der Waals surface area contributed by atoms with Crippen LogP contribution in [0.15, 0.2) is 36.4 Å². The van der Waals surface area contributed by atoms with Gasteiger partial charge in [-0.05, 0) is 43.7 Å². The van der Waals surface area contributed by atoms with Crippen molar-refractivity contribution in [2.45, 2.75) is 32.5 Å². The molecule has 0 saturated heterocycles. The number of nitrogens with one attached hydrogen (secondary N) is 2. The van der Waals surface area contributed by atoms with Crippen LogP contribution in [0.4, 0.5) is 23.7 Å². The van der Waals surface area contributed by atoms with Gasteiger partial charge in [0.05, 0.1) is 12.6 Å². The van der Waals surface area contributed by atoms with Crippen molar-refractivity contribution in [1.82, 2.24) is 10.2 Å². The van der Waals surface area contributed by atoms with Gasteiger partial charge >= 0.3 is 6.03 Å². The van der Waals surface area contributed by atoms with Crippen LogP contribution in [0.25, 0.3) is 0 Å². The van der Waals surface area contributed by atoms with Gasteiger partial charge in [-0.3, -0.25) is 4.79 Å². The predicted octanol–water partition coefficient (Wildman–Crippen LogP) is 3.72. The summed E-state index contributed by atoms with van der Waals surface area (Å²) in [6, 6.07) is 5.01. The average molecular weight is 377 g/mol. The van der Waals surface area contributed by atoms with Crippen LogP contribution in [-0.2, 0) is 11.3 Å². The summed E-state index contributed by atoms with van der Waals surface area (Å²) in [5, 5.41) is 5.22. The second-order valence-corrected chi connectivity index (χ2v) is 6.43. The maximum absolute atomic E-state index is 13.9. The Hall–Kier alpha value is -3.03. The van der Waals surface area contributed by atoms with Crippen LogP contribution in [0.5, 0.6) is 0 Å². The van der Waals surface area contributed by atoms with Gasteiger partial charge in [0.1, 0.15) is 23.5 Å². The zero-order valence-corrected chi connectivity index (χ0v) is 14.7. The molecule has 1 aliphatic heterocycles. The summed E-state index contributed by atoms with van der Waals surface area (Å²) in [7, 11) is 0. The Balaban J connectivity index is 1.72. The Morgan fingerprint density at radius 3 is 2.48 bits per heavy atom. The van der Waals surface area contributed by atoms with Crippen molar-refractivity contribution < 1.29 is 22.8 Å². The molecule has 0 aromatic heterocycles. The number of anilines is 1. The van der Waals surface area contributed by atoms with E-state index in [1.54, 1.807) is 6.92 Å². The van der Waals surface area contributed by atoms with E-state index in [4.69, 9.17) is 0 Å². The van der Waals surface area contributed by atoms with Crippen molar-refractivity contribution in [1.29, 1.82) is 0 Å². The van der Waals surface area contributed by atoms with Gasteiger partial charge in [0.2, 0.25) is 5.91 Å². The molecule has 0 saturated carbocycles. The standard InChI is InChI=1S/C19H18F3N3O2/c1-10(15-5-3-14(21)8-16(15)22)23-18(26)11(2)25-9-12-7-13(20)4-6-17(12)24-19(25)27/h3-8,10-11H,9H2,1-2H3,(H,23,26)(H,24,27)/t10-,11+/m0/s1. The molecule has 0 radical (unpaired) electrons. The number of carbonyl (C=O) groups is 2. The molecular weight excluding hydrogens is 359 g/mol. The summed E-state index contributed by atoms with van der Waals surface area (Å²) in [5.41, 5.74) is 1.17. The maximum atomic E-state index is 13.9. The van der Waals surface area contributed by atoms with E-state index in [1.807, 2.05) is 0 Å². The summed E-state index contributed by atoms with van der Waals surface area (Å²) >= 11 is 0. The van der Waals surface area contributed by atoms with Crippen LogP contribution in [0, 0.1) is 17.5 Å². The molecule has 27 heavy (non-hydrogen) atoms. The van der Waals surface area contributed by atoms with Gasteiger partial charge in [0.15, 0.2) is 0 Å². The summed E-state index contributed by atoms with van der Waals surface area (Å²) < 4.78 is 40.3. The Kier molecular flexibility index (Phi) is 5.07. The molecule has 0 bridgehead atoms. The quantitative estimate of drug-likeness (QED) is 0.853. The van der Waals surface area contributed by atoms with Gasteiger partial charge in [-0.1, -0.05) is 6.07 Å². The lowest BCUT2D eigenvalue weighted by atomic mass is 10.1. The molecular formula is C19H18F3N3O2. The highest BCUT2D eigenvalue weighted by Gasteiger charge is 2.31. The minimum atomic E-state index is -0.882. The topological polar surface area (TPSA) is 61.4 Å². The SMILES string of the molecule is C[C@H](NC(=O)[C@@H](C)N1Cc2cc(F)ccc2NC1=O)c1ccc(F)cc1F. The molecule has 0 spiro atoms. The zero-order valence-electron chi connectivity index (χ0n) is 14.7. The summed E-state index contributed by atoms with van der Waals surface area (Å²) in [5.74, 6) is -2.43. The normalized spacial score (nSPS) is 15.6. The van der Waals surface area contributed by atoms with Crippen LogP contribution in [0.2, 0.25) is 0 Å². The number of rotatable bonds is 4. The fourth-order valence-electron chi connectivity index (χ4n) is 2.98. The summed E-state index contributed by atoms with van der Waals surface area (Å²) in [6.07, 6.45) is 0. The molecule has 2 N–H and O–H groups in total. The van der Waals surface area contributed by atoms with Gasteiger partial charge < -0.3 is 15.5 Å². The van der Waals surface area contributed by atoms with E-state index in [9.17, 15) is 22.8 Å². The smallest absolute Gasteiger partial charge is 0.322 e. The molecule has 142 valence electrons. The Morgan fingerprint density at radius 1 is 1.11 bits per heavy atom. The number of urea groups is 1. The molecule has 3 rings (SSSR count). The minimum Gasteiger partial charge on any atom is -0.348 e. The average Bonchev–Trinajstić information content (AvgIpc) is 2.60. The van der Waals surface area contributed by atoms with Gasteiger partial charge in [-0.15, -0.1) is 0 Å². The number of hydrogen-bond acceptors (Lipinski definition) is 2. The molecule has 3 amide bonds.